The fourth-order valence-electron chi connectivity index (χ4n) is 2.27. The second-order valence-electron chi connectivity index (χ2n) is 6.07. The molecule has 0 radical (unpaired) electrons. The summed E-state index contributed by atoms with van der Waals surface area (Å²) in [6.07, 6.45) is 0. The van der Waals surface area contributed by atoms with Gasteiger partial charge in [0.05, 0.1) is 0 Å². The molecule has 0 saturated carbocycles. The van der Waals surface area contributed by atoms with Crippen LogP contribution < -0.4 is 5.32 Å². The Balaban J connectivity index is 2.20. The summed E-state index contributed by atoms with van der Waals surface area (Å²) in [5.74, 6) is -4.01. The van der Waals surface area contributed by atoms with Gasteiger partial charge in [-0.1, -0.05) is 44.2 Å². The third kappa shape index (κ3) is 3.50. The molecule has 0 aromatic heterocycles. The molecule has 0 aliphatic rings. The van der Waals surface area contributed by atoms with Gasteiger partial charge >= 0.3 is 0 Å². The van der Waals surface area contributed by atoms with E-state index in [1.165, 1.54) is 0 Å². The molecule has 0 aliphatic heterocycles. The average molecular weight is 319 g/mol. The van der Waals surface area contributed by atoms with Crippen molar-refractivity contribution >= 4 is 5.91 Å². The summed E-state index contributed by atoms with van der Waals surface area (Å²) in [6, 6.07) is 11.0. The van der Waals surface area contributed by atoms with Gasteiger partial charge in [-0.15, -0.1) is 0 Å². The molecule has 0 saturated heterocycles. The molecule has 23 heavy (non-hydrogen) atoms. The molecular weight excluding hydrogens is 300 g/mol. The van der Waals surface area contributed by atoms with Gasteiger partial charge in [0.25, 0.3) is 5.91 Å². The first-order valence-electron chi connectivity index (χ1n) is 7.28. The predicted octanol–water partition coefficient (Wildman–Crippen LogP) is 3.77. The number of aromatic hydroxyl groups is 1. The van der Waals surface area contributed by atoms with Crippen molar-refractivity contribution in [3.05, 3.63) is 65.2 Å². The zero-order valence-electron chi connectivity index (χ0n) is 13.2. The first-order valence-corrected chi connectivity index (χ1v) is 7.28. The number of halogens is 2. The second kappa shape index (κ2) is 6.36. The molecule has 2 N–H and O–H groups in total. The van der Waals surface area contributed by atoms with Crippen LogP contribution in [-0.4, -0.2) is 17.1 Å². The number of carbonyl (C=O) groups excluding carboxylic acids is 1. The lowest BCUT2D eigenvalue weighted by molar-refractivity contribution is 0.0923. The highest BCUT2D eigenvalue weighted by Gasteiger charge is 2.29. The van der Waals surface area contributed by atoms with Crippen molar-refractivity contribution < 1.29 is 18.7 Å². The number of phenols is 1. The Labute approximate surface area is 134 Å². The van der Waals surface area contributed by atoms with Crippen molar-refractivity contribution in [3.63, 3.8) is 0 Å². The van der Waals surface area contributed by atoms with E-state index in [1.807, 2.05) is 51.1 Å². The van der Waals surface area contributed by atoms with E-state index in [4.69, 9.17) is 5.11 Å². The molecule has 1 amide bonds. The zero-order valence-corrected chi connectivity index (χ0v) is 13.2. The molecule has 2 aromatic rings. The summed E-state index contributed by atoms with van der Waals surface area (Å²) < 4.78 is 26.7. The molecule has 0 spiro atoms. The van der Waals surface area contributed by atoms with Crippen molar-refractivity contribution in [1.82, 2.24) is 5.32 Å². The van der Waals surface area contributed by atoms with Gasteiger partial charge in [0, 0.05) is 17.0 Å². The number of hydrogen-bond donors (Lipinski definition) is 2. The molecule has 2 aromatic carbocycles. The van der Waals surface area contributed by atoms with E-state index in [0.717, 1.165) is 17.7 Å². The SMILES string of the molecule is C[C@H](NC(=O)c1cc(F)c(O)c(F)c1)C(C)(C)c1ccccc1. The monoisotopic (exact) mass is 319 g/mol. The Kier molecular flexibility index (Phi) is 4.68. The molecule has 0 heterocycles. The first-order chi connectivity index (χ1) is 10.7. The van der Waals surface area contributed by atoms with Gasteiger partial charge in [-0.3, -0.25) is 4.79 Å². The number of amides is 1. The third-order valence-corrected chi connectivity index (χ3v) is 4.23. The van der Waals surface area contributed by atoms with Crippen LogP contribution in [-0.2, 0) is 5.41 Å². The van der Waals surface area contributed by atoms with Gasteiger partial charge in [-0.25, -0.2) is 8.78 Å². The molecule has 0 unspecified atom stereocenters. The van der Waals surface area contributed by atoms with Gasteiger partial charge < -0.3 is 10.4 Å². The van der Waals surface area contributed by atoms with Gasteiger partial charge in [0.1, 0.15) is 0 Å². The van der Waals surface area contributed by atoms with Crippen LogP contribution in [0.2, 0.25) is 0 Å². The molecule has 5 heteroatoms. The number of nitrogens with one attached hydrogen (secondary N) is 1. The Morgan fingerprint density at radius 2 is 1.65 bits per heavy atom. The second-order valence-corrected chi connectivity index (χ2v) is 6.07. The van der Waals surface area contributed by atoms with Crippen LogP contribution in [0, 0.1) is 11.6 Å². The van der Waals surface area contributed by atoms with E-state index >= 15 is 0 Å². The Morgan fingerprint density at radius 3 is 2.17 bits per heavy atom. The van der Waals surface area contributed by atoms with Crippen molar-refractivity contribution in [2.45, 2.75) is 32.2 Å². The standard InChI is InChI=1S/C18H19F2NO2/c1-11(18(2,3)13-7-5-4-6-8-13)21-17(23)12-9-14(19)16(22)15(20)10-12/h4-11,22H,1-3H3,(H,21,23)/t11-/m0/s1. The van der Waals surface area contributed by atoms with Crippen LogP contribution in [0.4, 0.5) is 8.78 Å². The van der Waals surface area contributed by atoms with Crippen LogP contribution in [0.1, 0.15) is 36.7 Å². The Bertz CT molecular complexity index is 691. The van der Waals surface area contributed by atoms with Crippen LogP contribution >= 0.6 is 0 Å². The van der Waals surface area contributed by atoms with Crippen LogP contribution in [0.5, 0.6) is 5.75 Å². The maximum atomic E-state index is 13.4. The van der Waals surface area contributed by atoms with E-state index in [-0.39, 0.29) is 17.0 Å². The molecular formula is C18H19F2NO2. The maximum Gasteiger partial charge on any atom is 0.251 e. The zero-order chi connectivity index (χ0) is 17.2. The third-order valence-electron chi connectivity index (χ3n) is 4.23. The number of carbonyl (C=O) groups is 1. The number of hydrogen-bond acceptors (Lipinski definition) is 2. The van der Waals surface area contributed by atoms with E-state index in [2.05, 4.69) is 5.32 Å². The lowest BCUT2D eigenvalue weighted by atomic mass is 9.78. The van der Waals surface area contributed by atoms with Crippen LogP contribution in [0.15, 0.2) is 42.5 Å². The average Bonchev–Trinajstić information content (AvgIpc) is 2.52. The molecule has 0 bridgehead atoms. The predicted molar refractivity (Wildman–Crippen MR) is 84.4 cm³/mol. The lowest BCUT2D eigenvalue weighted by Gasteiger charge is -2.33. The molecule has 0 aliphatic carbocycles. The van der Waals surface area contributed by atoms with Crippen molar-refractivity contribution in [2.24, 2.45) is 0 Å². The van der Waals surface area contributed by atoms with E-state index in [0.29, 0.717) is 0 Å². The van der Waals surface area contributed by atoms with Crippen LogP contribution in [0.3, 0.4) is 0 Å². The first kappa shape index (κ1) is 16.9. The Morgan fingerprint density at radius 1 is 1.13 bits per heavy atom. The highest BCUT2D eigenvalue weighted by atomic mass is 19.1. The summed E-state index contributed by atoms with van der Waals surface area (Å²) in [4.78, 5) is 12.2. The largest absolute Gasteiger partial charge is 0.503 e. The van der Waals surface area contributed by atoms with Crippen molar-refractivity contribution in [3.8, 4) is 5.75 Å². The molecule has 0 fully saturated rings. The van der Waals surface area contributed by atoms with Crippen molar-refractivity contribution in [2.75, 3.05) is 0 Å². The highest BCUT2D eigenvalue weighted by Crippen LogP contribution is 2.27. The van der Waals surface area contributed by atoms with Gasteiger partial charge in [0.2, 0.25) is 0 Å². The summed E-state index contributed by atoms with van der Waals surface area (Å²) >= 11 is 0. The molecule has 3 nitrogen and oxygen atoms in total. The fraction of sp³-hybridized carbons (Fsp3) is 0.278. The minimum atomic E-state index is -1.16. The van der Waals surface area contributed by atoms with Gasteiger partial charge in [-0.2, -0.15) is 0 Å². The van der Waals surface area contributed by atoms with E-state index in [1.54, 1.807) is 0 Å². The summed E-state index contributed by atoms with van der Waals surface area (Å²) in [7, 11) is 0. The van der Waals surface area contributed by atoms with Gasteiger partial charge in [-0.05, 0) is 24.6 Å². The van der Waals surface area contributed by atoms with E-state index < -0.39 is 23.3 Å². The maximum absolute atomic E-state index is 13.4. The Hall–Kier alpha value is -2.43. The van der Waals surface area contributed by atoms with E-state index in [9.17, 15) is 13.6 Å². The minimum absolute atomic E-state index is 0.173. The molecule has 122 valence electrons. The minimum Gasteiger partial charge on any atom is -0.503 e. The highest BCUT2D eigenvalue weighted by molar-refractivity contribution is 5.94. The normalized spacial score (nSPS) is 12.7. The fourth-order valence-corrected chi connectivity index (χ4v) is 2.27. The number of benzene rings is 2. The topological polar surface area (TPSA) is 49.3 Å². The summed E-state index contributed by atoms with van der Waals surface area (Å²) in [5, 5.41) is 11.8. The quantitative estimate of drug-likeness (QED) is 0.901. The lowest BCUT2D eigenvalue weighted by Crippen LogP contribution is -2.45. The summed E-state index contributed by atoms with van der Waals surface area (Å²) in [6.45, 7) is 5.79. The molecule has 2 rings (SSSR count). The van der Waals surface area contributed by atoms with Crippen LogP contribution in [0.25, 0.3) is 0 Å². The van der Waals surface area contributed by atoms with Crippen molar-refractivity contribution in [1.29, 1.82) is 0 Å². The smallest absolute Gasteiger partial charge is 0.251 e. The molecule has 1 atom stereocenters. The number of rotatable bonds is 4. The number of phenolic OH excluding ortho intramolecular Hbond substituents is 1. The summed E-state index contributed by atoms with van der Waals surface area (Å²) in [5.41, 5.74) is 0.495. The van der Waals surface area contributed by atoms with Gasteiger partial charge in [0.15, 0.2) is 17.4 Å².